The van der Waals surface area contributed by atoms with E-state index in [4.69, 9.17) is 4.74 Å². The van der Waals surface area contributed by atoms with Crippen molar-refractivity contribution in [1.29, 1.82) is 0 Å². The van der Waals surface area contributed by atoms with Crippen molar-refractivity contribution >= 4 is 11.8 Å². The molecule has 0 radical (unpaired) electrons. The van der Waals surface area contributed by atoms with Gasteiger partial charge in [0.05, 0.1) is 0 Å². The van der Waals surface area contributed by atoms with Crippen molar-refractivity contribution in [2.45, 2.75) is 84.3 Å². The molecule has 0 aliphatic heterocycles. The predicted molar refractivity (Wildman–Crippen MR) is 91.5 cm³/mol. The van der Waals surface area contributed by atoms with E-state index in [1.807, 2.05) is 0 Å². The highest BCUT2D eigenvalue weighted by Crippen LogP contribution is 2.15. The minimum absolute atomic E-state index is 0.253. The number of carbonyl (C=O) groups excluding carboxylic acids is 1. The lowest BCUT2D eigenvalue weighted by molar-refractivity contribution is -0.389. The lowest BCUT2D eigenvalue weighted by atomic mass is 10.1. The van der Waals surface area contributed by atoms with Gasteiger partial charge in [-0.25, -0.2) is 0 Å². The van der Waals surface area contributed by atoms with E-state index >= 15 is 0 Å². The number of nitrogens with zero attached hydrogens (tertiary/aromatic N) is 3. The molecule has 24 heavy (non-hydrogen) atoms. The third-order valence-electron chi connectivity index (χ3n) is 3.98. The Balaban J connectivity index is 2.09. The number of hydrogen-bond acceptors (Lipinski definition) is 5. The van der Waals surface area contributed by atoms with Crippen LogP contribution in [0.4, 0.5) is 5.82 Å². The first kappa shape index (κ1) is 20.1. The Morgan fingerprint density at radius 3 is 2.33 bits per heavy atom. The van der Waals surface area contributed by atoms with Crippen LogP contribution in [-0.2, 0) is 9.53 Å². The average Bonchev–Trinajstić information content (AvgIpc) is 3.03. The van der Waals surface area contributed by atoms with E-state index < -0.39 is 11.2 Å². The maximum atomic E-state index is 11.8. The van der Waals surface area contributed by atoms with Gasteiger partial charge in [-0.2, -0.15) is 0 Å². The summed E-state index contributed by atoms with van der Waals surface area (Å²) in [6, 6.07) is 0. The molecule has 0 spiro atoms. The van der Waals surface area contributed by atoms with Crippen LogP contribution in [0.1, 0.15) is 84.3 Å². The minimum atomic E-state index is -0.586. The topological polar surface area (TPSA) is 87.3 Å². The second kappa shape index (κ2) is 11.6. The van der Waals surface area contributed by atoms with E-state index in [-0.39, 0.29) is 11.8 Å². The fourth-order valence-corrected chi connectivity index (χ4v) is 2.51. The van der Waals surface area contributed by atoms with E-state index in [1.54, 1.807) is 6.92 Å². The molecular formula is C17H29N3O4. The molecule has 0 aliphatic rings. The Morgan fingerprint density at radius 1 is 1.21 bits per heavy atom. The molecule has 1 heterocycles. The monoisotopic (exact) mass is 339 g/mol. The first-order valence-corrected chi connectivity index (χ1v) is 8.92. The summed E-state index contributed by atoms with van der Waals surface area (Å²) in [5, 5.41) is 10.6. The molecule has 1 rings (SSSR count). The fraction of sp³-hybridized carbons (Fsp3) is 0.765. The Morgan fingerprint density at radius 2 is 1.79 bits per heavy atom. The summed E-state index contributed by atoms with van der Waals surface area (Å²) >= 11 is 0. The lowest BCUT2D eigenvalue weighted by Gasteiger charge is -2.13. The highest BCUT2D eigenvalue weighted by Gasteiger charge is 2.16. The van der Waals surface area contributed by atoms with Crippen molar-refractivity contribution < 1.29 is 14.5 Å². The minimum Gasteiger partial charge on any atom is -0.441 e. The number of hydrogen-bond donors (Lipinski definition) is 0. The first-order chi connectivity index (χ1) is 11.5. The molecule has 0 saturated carbocycles. The van der Waals surface area contributed by atoms with E-state index in [0.717, 1.165) is 19.3 Å². The summed E-state index contributed by atoms with van der Waals surface area (Å²) < 4.78 is 6.69. The van der Waals surface area contributed by atoms with Crippen molar-refractivity contribution in [2.24, 2.45) is 0 Å². The van der Waals surface area contributed by atoms with Crippen LogP contribution in [-0.4, -0.2) is 20.4 Å². The third-order valence-corrected chi connectivity index (χ3v) is 3.98. The van der Waals surface area contributed by atoms with E-state index in [2.05, 4.69) is 11.9 Å². The van der Waals surface area contributed by atoms with Crippen LogP contribution in [0, 0.1) is 10.1 Å². The Labute approximate surface area is 143 Å². The Hall–Kier alpha value is -1.92. The molecule has 1 atom stereocenters. The van der Waals surface area contributed by atoms with Gasteiger partial charge in [0.2, 0.25) is 6.33 Å². The van der Waals surface area contributed by atoms with Crippen LogP contribution >= 0.6 is 0 Å². The second-order valence-corrected chi connectivity index (χ2v) is 6.10. The number of rotatable bonds is 13. The van der Waals surface area contributed by atoms with Crippen molar-refractivity contribution in [3.05, 3.63) is 22.6 Å². The SMILES string of the molecule is CCCCCCCCCCCC(=O)OC(C)n1cnc([N+](=O)[O-])c1. The average molecular weight is 339 g/mol. The maximum Gasteiger partial charge on any atom is 0.381 e. The molecule has 136 valence electrons. The van der Waals surface area contributed by atoms with Crippen LogP contribution in [0.2, 0.25) is 0 Å². The van der Waals surface area contributed by atoms with Crippen molar-refractivity contribution in [3.63, 3.8) is 0 Å². The number of imidazole rings is 1. The number of ether oxygens (including phenoxy) is 1. The molecule has 7 heteroatoms. The molecule has 0 amide bonds. The predicted octanol–water partition coefficient (Wildman–Crippen LogP) is 4.77. The Kier molecular flexibility index (Phi) is 9.72. The van der Waals surface area contributed by atoms with E-state index in [1.165, 1.54) is 55.6 Å². The maximum absolute atomic E-state index is 11.8. The zero-order valence-electron chi connectivity index (χ0n) is 14.8. The number of carbonyl (C=O) groups is 1. The molecule has 0 N–H and O–H groups in total. The number of unbranched alkanes of at least 4 members (excludes halogenated alkanes) is 8. The molecular weight excluding hydrogens is 310 g/mol. The van der Waals surface area contributed by atoms with Crippen molar-refractivity contribution in [1.82, 2.24) is 9.55 Å². The zero-order chi connectivity index (χ0) is 17.8. The summed E-state index contributed by atoms with van der Waals surface area (Å²) in [4.78, 5) is 25.4. The van der Waals surface area contributed by atoms with Crippen molar-refractivity contribution in [2.75, 3.05) is 0 Å². The number of esters is 1. The Bertz CT molecular complexity index is 502. The van der Waals surface area contributed by atoms with Gasteiger partial charge in [0.25, 0.3) is 0 Å². The zero-order valence-corrected chi connectivity index (χ0v) is 14.8. The molecule has 0 aromatic carbocycles. The van der Waals surface area contributed by atoms with E-state index in [9.17, 15) is 14.9 Å². The molecule has 1 unspecified atom stereocenters. The highest BCUT2D eigenvalue weighted by atomic mass is 16.6. The van der Waals surface area contributed by atoms with Crippen LogP contribution in [0.5, 0.6) is 0 Å². The van der Waals surface area contributed by atoms with E-state index in [0.29, 0.717) is 6.42 Å². The van der Waals surface area contributed by atoms with Gasteiger partial charge in [-0.3, -0.25) is 9.36 Å². The number of nitro groups is 1. The normalized spacial score (nSPS) is 12.1. The first-order valence-electron chi connectivity index (χ1n) is 8.92. The van der Waals surface area contributed by atoms with Gasteiger partial charge in [0.15, 0.2) is 6.23 Å². The van der Waals surface area contributed by atoms with Crippen LogP contribution in [0.3, 0.4) is 0 Å². The second-order valence-electron chi connectivity index (χ2n) is 6.10. The highest BCUT2D eigenvalue weighted by molar-refractivity contribution is 5.69. The summed E-state index contributed by atoms with van der Waals surface area (Å²) in [6.45, 7) is 3.88. The van der Waals surface area contributed by atoms with Gasteiger partial charge >= 0.3 is 11.8 Å². The van der Waals surface area contributed by atoms with Gasteiger partial charge in [0, 0.05) is 6.42 Å². The molecule has 0 fully saturated rings. The number of aromatic nitrogens is 2. The smallest absolute Gasteiger partial charge is 0.381 e. The quantitative estimate of drug-likeness (QED) is 0.223. The van der Waals surface area contributed by atoms with Crippen LogP contribution < -0.4 is 0 Å². The molecule has 1 aromatic heterocycles. The molecule has 0 bridgehead atoms. The largest absolute Gasteiger partial charge is 0.441 e. The summed E-state index contributed by atoms with van der Waals surface area (Å²) in [6.07, 6.45) is 13.1. The summed E-state index contributed by atoms with van der Waals surface area (Å²) in [5.74, 6) is -0.529. The fourth-order valence-electron chi connectivity index (χ4n) is 2.51. The molecule has 7 nitrogen and oxygen atoms in total. The third kappa shape index (κ3) is 8.08. The van der Waals surface area contributed by atoms with Gasteiger partial charge in [-0.05, 0) is 23.3 Å². The summed E-state index contributed by atoms with van der Waals surface area (Å²) in [7, 11) is 0. The summed E-state index contributed by atoms with van der Waals surface area (Å²) in [5.41, 5.74) is 0. The van der Waals surface area contributed by atoms with Crippen LogP contribution in [0.25, 0.3) is 0 Å². The van der Waals surface area contributed by atoms with Gasteiger partial charge in [0.1, 0.15) is 6.20 Å². The lowest BCUT2D eigenvalue weighted by Crippen LogP contribution is -2.13. The standard InChI is InChI=1S/C17H29N3O4/c1-3-4-5-6-7-8-9-10-11-12-17(21)24-15(2)19-13-16(18-14-19)20(22)23/h13-15H,3-12H2,1-2H3. The van der Waals surface area contributed by atoms with Crippen molar-refractivity contribution in [3.8, 4) is 0 Å². The van der Waals surface area contributed by atoms with Gasteiger partial charge < -0.3 is 14.9 Å². The van der Waals surface area contributed by atoms with Crippen LogP contribution in [0.15, 0.2) is 12.5 Å². The molecule has 0 saturated heterocycles. The van der Waals surface area contributed by atoms with Gasteiger partial charge in [-0.15, -0.1) is 0 Å². The molecule has 1 aromatic rings. The molecule has 0 aliphatic carbocycles. The van der Waals surface area contributed by atoms with Gasteiger partial charge in [-0.1, -0.05) is 58.3 Å².